The second-order valence-electron chi connectivity index (χ2n) is 8.74. The van der Waals surface area contributed by atoms with E-state index in [0.29, 0.717) is 16.7 Å². The molecule has 31 heavy (non-hydrogen) atoms. The Morgan fingerprint density at radius 3 is 2.42 bits per heavy atom. The van der Waals surface area contributed by atoms with E-state index < -0.39 is 23.5 Å². The molecule has 166 valence electrons. The van der Waals surface area contributed by atoms with Crippen LogP contribution in [0.1, 0.15) is 43.0 Å². The Balaban J connectivity index is 2.09. The fourth-order valence-corrected chi connectivity index (χ4v) is 4.29. The van der Waals surface area contributed by atoms with Gasteiger partial charge in [0, 0.05) is 27.7 Å². The van der Waals surface area contributed by atoms with Gasteiger partial charge in [0.25, 0.3) is 0 Å². The fraction of sp³-hybridized carbons (Fsp3) is 0.435. The number of furan rings is 1. The van der Waals surface area contributed by atoms with E-state index in [1.165, 1.54) is 11.8 Å². The molecule has 0 radical (unpaired) electrons. The number of carboxylic acid groups (broad SMARTS) is 1. The van der Waals surface area contributed by atoms with E-state index in [-0.39, 0.29) is 23.2 Å². The summed E-state index contributed by atoms with van der Waals surface area (Å²) < 4.78 is 11.4. The van der Waals surface area contributed by atoms with Crippen molar-refractivity contribution in [2.24, 2.45) is 0 Å². The van der Waals surface area contributed by atoms with Crippen LogP contribution in [0.4, 0.5) is 0 Å². The first-order chi connectivity index (χ1) is 14.5. The maximum absolute atomic E-state index is 12.7. The van der Waals surface area contributed by atoms with Gasteiger partial charge in [-0.25, -0.2) is 9.59 Å². The SMILES string of the molecule is CSC[C@H](NC(=O)Cc1c(C)c2cc3c(C(C)(C)C)coc3c(C)c2oc1=O)C(=O)O. The minimum atomic E-state index is -1.11. The van der Waals surface area contributed by atoms with Crippen LogP contribution in [0.15, 0.2) is 26.0 Å². The second-order valence-corrected chi connectivity index (χ2v) is 9.65. The first kappa shape index (κ1) is 22.9. The quantitative estimate of drug-likeness (QED) is 0.553. The van der Waals surface area contributed by atoms with Gasteiger partial charge in [-0.15, -0.1) is 0 Å². The Morgan fingerprint density at radius 1 is 1.16 bits per heavy atom. The average molecular weight is 446 g/mol. The number of benzene rings is 1. The smallest absolute Gasteiger partial charge is 0.340 e. The summed E-state index contributed by atoms with van der Waals surface area (Å²) in [6.45, 7) is 9.91. The van der Waals surface area contributed by atoms with E-state index in [2.05, 4.69) is 26.1 Å². The van der Waals surface area contributed by atoms with Crippen LogP contribution in [0.25, 0.3) is 21.9 Å². The van der Waals surface area contributed by atoms with Gasteiger partial charge in [0.1, 0.15) is 17.2 Å². The molecule has 0 saturated carbocycles. The van der Waals surface area contributed by atoms with Crippen molar-refractivity contribution in [1.29, 1.82) is 0 Å². The lowest BCUT2D eigenvalue weighted by Gasteiger charge is -2.17. The summed E-state index contributed by atoms with van der Waals surface area (Å²) in [5.41, 5.74) is 2.99. The van der Waals surface area contributed by atoms with E-state index in [4.69, 9.17) is 8.83 Å². The Morgan fingerprint density at radius 2 is 1.84 bits per heavy atom. The number of thioether (sulfide) groups is 1. The maximum atomic E-state index is 12.7. The molecule has 0 saturated heterocycles. The predicted octanol–water partition coefficient (Wildman–Crippen LogP) is 3.93. The van der Waals surface area contributed by atoms with Gasteiger partial charge in [0.2, 0.25) is 5.91 Å². The number of hydrogen-bond donors (Lipinski definition) is 2. The van der Waals surface area contributed by atoms with Crippen molar-refractivity contribution >= 4 is 45.6 Å². The molecule has 7 nitrogen and oxygen atoms in total. The van der Waals surface area contributed by atoms with Crippen LogP contribution in [0.5, 0.6) is 0 Å². The van der Waals surface area contributed by atoms with Crippen molar-refractivity contribution in [3.8, 4) is 0 Å². The molecule has 0 aliphatic carbocycles. The summed E-state index contributed by atoms with van der Waals surface area (Å²) in [7, 11) is 0. The number of rotatable bonds is 6. The fourth-order valence-electron chi connectivity index (χ4n) is 3.73. The largest absolute Gasteiger partial charge is 0.480 e. The Hall–Kier alpha value is -2.74. The van der Waals surface area contributed by atoms with Crippen LogP contribution in [-0.2, 0) is 21.4 Å². The molecular weight excluding hydrogens is 418 g/mol. The average Bonchev–Trinajstić information content (AvgIpc) is 3.10. The van der Waals surface area contributed by atoms with E-state index in [1.54, 1.807) is 19.4 Å². The first-order valence-electron chi connectivity index (χ1n) is 9.94. The normalized spacial score (nSPS) is 13.0. The van der Waals surface area contributed by atoms with Crippen molar-refractivity contribution in [2.75, 3.05) is 12.0 Å². The number of aliphatic carboxylic acids is 1. The lowest BCUT2D eigenvalue weighted by Crippen LogP contribution is -2.43. The summed E-state index contributed by atoms with van der Waals surface area (Å²) in [6, 6.07) is 0.923. The molecule has 3 rings (SSSR count). The van der Waals surface area contributed by atoms with Crippen LogP contribution in [0, 0.1) is 13.8 Å². The molecule has 2 aromatic heterocycles. The van der Waals surface area contributed by atoms with Gasteiger partial charge in [0.05, 0.1) is 18.2 Å². The van der Waals surface area contributed by atoms with Gasteiger partial charge < -0.3 is 19.3 Å². The highest BCUT2D eigenvalue weighted by molar-refractivity contribution is 7.98. The zero-order chi connectivity index (χ0) is 23.1. The molecule has 0 bridgehead atoms. The van der Waals surface area contributed by atoms with Gasteiger partial charge in [-0.1, -0.05) is 20.8 Å². The third kappa shape index (κ3) is 4.35. The van der Waals surface area contributed by atoms with Gasteiger partial charge >= 0.3 is 11.6 Å². The highest BCUT2D eigenvalue weighted by atomic mass is 32.2. The molecular formula is C23H27NO6S. The number of aryl methyl sites for hydroxylation is 2. The number of amides is 1. The third-order valence-electron chi connectivity index (χ3n) is 5.45. The Labute approximate surface area is 184 Å². The predicted molar refractivity (Wildman–Crippen MR) is 122 cm³/mol. The Bertz CT molecular complexity index is 1230. The lowest BCUT2D eigenvalue weighted by molar-refractivity contribution is -0.141. The number of carbonyl (C=O) groups is 2. The first-order valence-corrected chi connectivity index (χ1v) is 11.3. The molecule has 3 aromatic rings. The summed E-state index contributed by atoms with van der Waals surface area (Å²) >= 11 is 1.32. The van der Waals surface area contributed by atoms with Gasteiger partial charge in [-0.3, -0.25) is 4.79 Å². The molecule has 2 heterocycles. The highest BCUT2D eigenvalue weighted by Gasteiger charge is 2.25. The minimum Gasteiger partial charge on any atom is -0.480 e. The summed E-state index contributed by atoms with van der Waals surface area (Å²) in [5.74, 6) is -1.41. The summed E-state index contributed by atoms with van der Waals surface area (Å²) in [6.07, 6.45) is 3.24. The standard InChI is InChI=1S/C23H27NO6S/c1-11-13-7-15-16(23(3,4)5)9-29-19(15)12(2)20(13)30-22(28)14(11)8-18(25)24-17(10-31-6)21(26)27/h7,9,17H,8,10H2,1-6H3,(H,24,25)(H,26,27)/t17-/m0/s1. The maximum Gasteiger partial charge on any atom is 0.340 e. The molecule has 1 amide bonds. The zero-order valence-electron chi connectivity index (χ0n) is 18.5. The van der Waals surface area contributed by atoms with Crippen molar-refractivity contribution in [1.82, 2.24) is 5.32 Å². The van der Waals surface area contributed by atoms with Crippen LogP contribution in [0.2, 0.25) is 0 Å². The van der Waals surface area contributed by atoms with Crippen molar-refractivity contribution in [3.63, 3.8) is 0 Å². The van der Waals surface area contributed by atoms with Gasteiger partial charge in [-0.05, 0) is 37.1 Å². The molecule has 0 fully saturated rings. The molecule has 0 aliphatic heterocycles. The lowest BCUT2D eigenvalue weighted by atomic mass is 9.86. The topological polar surface area (TPSA) is 110 Å². The van der Waals surface area contributed by atoms with E-state index >= 15 is 0 Å². The molecule has 2 N–H and O–H groups in total. The molecule has 1 aromatic carbocycles. The summed E-state index contributed by atoms with van der Waals surface area (Å²) in [4.78, 5) is 36.5. The zero-order valence-corrected chi connectivity index (χ0v) is 19.4. The number of carboxylic acids is 1. The molecule has 0 aliphatic rings. The number of hydrogen-bond acceptors (Lipinski definition) is 6. The van der Waals surface area contributed by atoms with Gasteiger partial charge in [-0.2, -0.15) is 11.8 Å². The number of carbonyl (C=O) groups excluding carboxylic acids is 1. The molecule has 0 unspecified atom stereocenters. The van der Waals surface area contributed by atoms with Crippen molar-refractivity contribution in [2.45, 2.75) is 52.5 Å². The highest BCUT2D eigenvalue weighted by Crippen LogP contribution is 2.37. The number of nitrogens with one attached hydrogen (secondary N) is 1. The monoisotopic (exact) mass is 445 g/mol. The van der Waals surface area contributed by atoms with Gasteiger partial charge in [0.15, 0.2) is 0 Å². The second kappa shape index (κ2) is 8.42. The summed E-state index contributed by atoms with van der Waals surface area (Å²) in [5, 5.41) is 13.4. The third-order valence-corrected chi connectivity index (χ3v) is 6.12. The molecule has 8 heteroatoms. The number of fused-ring (bicyclic) bond motifs is 2. The minimum absolute atomic E-state index is 0.138. The van der Waals surface area contributed by atoms with Crippen molar-refractivity contribution < 1.29 is 23.5 Å². The van der Waals surface area contributed by atoms with E-state index in [9.17, 15) is 19.5 Å². The van der Waals surface area contributed by atoms with Crippen LogP contribution in [-0.4, -0.2) is 35.0 Å². The van der Waals surface area contributed by atoms with Crippen LogP contribution >= 0.6 is 11.8 Å². The van der Waals surface area contributed by atoms with Crippen LogP contribution in [0.3, 0.4) is 0 Å². The van der Waals surface area contributed by atoms with Crippen LogP contribution < -0.4 is 10.9 Å². The molecule has 1 atom stereocenters. The van der Waals surface area contributed by atoms with E-state index in [0.717, 1.165) is 21.9 Å². The van der Waals surface area contributed by atoms with E-state index in [1.807, 2.05) is 13.0 Å². The Kier molecular flexibility index (Phi) is 6.23. The molecule has 0 spiro atoms. The van der Waals surface area contributed by atoms with Crippen molar-refractivity contribution in [3.05, 3.63) is 45.0 Å².